The molecule has 1 amide bonds. The van der Waals surface area contributed by atoms with Gasteiger partial charge in [0.2, 0.25) is 0 Å². The van der Waals surface area contributed by atoms with E-state index in [2.05, 4.69) is 5.32 Å². The van der Waals surface area contributed by atoms with Crippen LogP contribution in [0.3, 0.4) is 0 Å². The van der Waals surface area contributed by atoms with E-state index < -0.39 is 0 Å². The zero-order chi connectivity index (χ0) is 9.68. The van der Waals surface area contributed by atoms with Gasteiger partial charge in [0, 0.05) is 19.3 Å². The molecule has 0 fully saturated rings. The van der Waals surface area contributed by atoms with Crippen LogP contribution in [0.25, 0.3) is 0 Å². The van der Waals surface area contributed by atoms with Crippen LogP contribution in [0.2, 0.25) is 0 Å². The third kappa shape index (κ3) is 2.32. The minimum absolute atomic E-state index is 0.0292. The Morgan fingerprint density at radius 2 is 2.46 bits per heavy atom. The standard InChI is InChI=1S/C9H14N2O2/c1-2-11-6-3-4-8(11)9(13)10-5-7-12/h3-4,6,12H,2,5,7H2,1H3,(H,10,13). The molecule has 0 aromatic carbocycles. The average Bonchev–Trinajstić information content (AvgIpc) is 2.61. The topological polar surface area (TPSA) is 54.3 Å². The monoisotopic (exact) mass is 182 g/mol. The summed E-state index contributed by atoms with van der Waals surface area (Å²) in [5.74, 6) is -0.138. The highest BCUT2D eigenvalue weighted by Crippen LogP contribution is 2.01. The SMILES string of the molecule is CCn1cccc1C(=O)NCCO. The van der Waals surface area contributed by atoms with Crippen molar-refractivity contribution in [2.45, 2.75) is 13.5 Å². The van der Waals surface area contributed by atoms with Crippen molar-refractivity contribution < 1.29 is 9.90 Å². The fourth-order valence-corrected chi connectivity index (χ4v) is 1.16. The quantitative estimate of drug-likeness (QED) is 0.700. The van der Waals surface area contributed by atoms with E-state index in [1.165, 1.54) is 0 Å². The Morgan fingerprint density at radius 3 is 3.08 bits per heavy atom. The van der Waals surface area contributed by atoms with Gasteiger partial charge >= 0.3 is 0 Å². The van der Waals surface area contributed by atoms with Crippen molar-refractivity contribution in [1.29, 1.82) is 0 Å². The van der Waals surface area contributed by atoms with Gasteiger partial charge in [-0.25, -0.2) is 0 Å². The summed E-state index contributed by atoms with van der Waals surface area (Å²) in [6, 6.07) is 3.59. The maximum atomic E-state index is 11.4. The van der Waals surface area contributed by atoms with Crippen molar-refractivity contribution in [1.82, 2.24) is 9.88 Å². The number of amides is 1. The number of aliphatic hydroxyl groups is 1. The summed E-state index contributed by atoms with van der Waals surface area (Å²) in [7, 11) is 0. The molecule has 0 aliphatic carbocycles. The molecule has 1 heterocycles. The van der Waals surface area contributed by atoms with E-state index in [0.717, 1.165) is 6.54 Å². The molecule has 0 atom stereocenters. The number of aromatic nitrogens is 1. The van der Waals surface area contributed by atoms with E-state index in [9.17, 15) is 4.79 Å². The van der Waals surface area contributed by atoms with Gasteiger partial charge in [-0.15, -0.1) is 0 Å². The largest absolute Gasteiger partial charge is 0.395 e. The maximum absolute atomic E-state index is 11.4. The highest BCUT2D eigenvalue weighted by atomic mass is 16.3. The first-order valence-electron chi connectivity index (χ1n) is 4.33. The van der Waals surface area contributed by atoms with Crippen LogP contribution in [0.5, 0.6) is 0 Å². The molecule has 0 spiro atoms. The van der Waals surface area contributed by atoms with Gasteiger partial charge in [0.25, 0.3) is 5.91 Å². The Kier molecular flexibility index (Phi) is 3.52. The van der Waals surface area contributed by atoms with Gasteiger partial charge in [-0.1, -0.05) is 0 Å². The van der Waals surface area contributed by atoms with Crippen LogP contribution < -0.4 is 5.32 Å². The second-order valence-electron chi connectivity index (χ2n) is 2.66. The van der Waals surface area contributed by atoms with Crippen LogP contribution in [0, 0.1) is 0 Å². The lowest BCUT2D eigenvalue weighted by atomic mass is 10.4. The Bertz CT molecular complexity index is 281. The lowest BCUT2D eigenvalue weighted by Crippen LogP contribution is -2.28. The number of carbonyl (C=O) groups is 1. The Morgan fingerprint density at radius 1 is 1.69 bits per heavy atom. The summed E-state index contributed by atoms with van der Waals surface area (Å²) >= 11 is 0. The number of hydrogen-bond acceptors (Lipinski definition) is 2. The van der Waals surface area contributed by atoms with Gasteiger partial charge in [0.1, 0.15) is 5.69 Å². The molecule has 0 saturated heterocycles. The lowest BCUT2D eigenvalue weighted by Gasteiger charge is -2.05. The van der Waals surface area contributed by atoms with Crippen molar-refractivity contribution in [2.75, 3.05) is 13.2 Å². The Labute approximate surface area is 77.2 Å². The number of nitrogens with zero attached hydrogens (tertiary/aromatic N) is 1. The van der Waals surface area contributed by atoms with E-state index in [1.807, 2.05) is 23.8 Å². The fraction of sp³-hybridized carbons (Fsp3) is 0.444. The molecule has 1 rings (SSSR count). The first kappa shape index (κ1) is 9.80. The van der Waals surface area contributed by atoms with Crippen molar-refractivity contribution in [3.05, 3.63) is 24.0 Å². The molecule has 0 unspecified atom stereocenters. The predicted octanol–water partition coefficient (Wildman–Crippen LogP) is 0.230. The van der Waals surface area contributed by atoms with Gasteiger partial charge in [-0.05, 0) is 19.1 Å². The summed E-state index contributed by atoms with van der Waals surface area (Å²) < 4.78 is 1.85. The van der Waals surface area contributed by atoms with Crippen LogP contribution in [-0.4, -0.2) is 28.7 Å². The molecule has 4 nitrogen and oxygen atoms in total. The molecule has 2 N–H and O–H groups in total. The number of hydrogen-bond donors (Lipinski definition) is 2. The molecular weight excluding hydrogens is 168 g/mol. The highest BCUT2D eigenvalue weighted by Gasteiger charge is 2.07. The second-order valence-corrected chi connectivity index (χ2v) is 2.66. The molecule has 1 aromatic rings. The maximum Gasteiger partial charge on any atom is 0.267 e. The van der Waals surface area contributed by atoms with Crippen LogP contribution in [0.15, 0.2) is 18.3 Å². The molecule has 1 aromatic heterocycles. The van der Waals surface area contributed by atoms with Gasteiger partial charge < -0.3 is 15.0 Å². The van der Waals surface area contributed by atoms with Crippen LogP contribution in [0.1, 0.15) is 17.4 Å². The number of rotatable bonds is 4. The lowest BCUT2D eigenvalue weighted by molar-refractivity contribution is 0.0935. The van der Waals surface area contributed by atoms with E-state index in [4.69, 9.17) is 5.11 Å². The molecule has 0 aliphatic rings. The van der Waals surface area contributed by atoms with Crippen molar-refractivity contribution >= 4 is 5.91 Å². The average molecular weight is 182 g/mol. The molecule has 13 heavy (non-hydrogen) atoms. The number of aryl methyl sites for hydroxylation is 1. The molecule has 0 saturated carbocycles. The molecule has 0 radical (unpaired) electrons. The van der Waals surface area contributed by atoms with Crippen molar-refractivity contribution in [3.63, 3.8) is 0 Å². The van der Waals surface area contributed by atoms with Crippen LogP contribution in [0.4, 0.5) is 0 Å². The van der Waals surface area contributed by atoms with Gasteiger partial charge in [0.05, 0.1) is 6.61 Å². The minimum Gasteiger partial charge on any atom is -0.395 e. The van der Waals surface area contributed by atoms with E-state index >= 15 is 0 Å². The summed E-state index contributed by atoms with van der Waals surface area (Å²) in [6.07, 6.45) is 1.86. The number of aliphatic hydroxyl groups excluding tert-OH is 1. The summed E-state index contributed by atoms with van der Waals surface area (Å²) in [6.45, 7) is 3.02. The number of nitrogens with one attached hydrogen (secondary N) is 1. The zero-order valence-electron chi connectivity index (χ0n) is 7.66. The number of carbonyl (C=O) groups excluding carboxylic acids is 1. The molecule has 72 valence electrons. The minimum atomic E-state index is -0.138. The Balaban J connectivity index is 2.65. The third-order valence-corrected chi connectivity index (χ3v) is 1.80. The summed E-state index contributed by atoms with van der Waals surface area (Å²) in [5.41, 5.74) is 0.635. The first-order valence-corrected chi connectivity index (χ1v) is 4.33. The van der Waals surface area contributed by atoms with E-state index in [1.54, 1.807) is 6.07 Å². The first-order chi connectivity index (χ1) is 6.29. The van der Waals surface area contributed by atoms with Gasteiger partial charge in [-0.2, -0.15) is 0 Å². The summed E-state index contributed by atoms with van der Waals surface area (Å²) in [4.78, 5) is 11.4. The van der Waals surface area contributed by atoms with E-state index in [0.29, 0.717) is 12.2 Å². The van der Waals surface area contributed by atoms with E-state index in [-0.39, 0.29) is 12.5 Å². The Hall–Kier alpha value is -1.29. The molecular formula is C9H14N2O2. The van der Waals surface area contributed by atoms with Crippen LogP contribution >= 0.6 is 0 Å². The van der Waals surface area contributed by atoms with Crippen LogP contribution in [-0.2, 0) is 6.54 Å². The fourth-order valence-electron chi connectivity index (χ4n) is 1.16. The third-order valence-electron chi connectivity index (χ3n) is 1.80. The molecule has 0 bridgehead atoms. The normalized spacial score (nSPS) is 10.0. The van der Waals surface area contributed by atoms with Gasteiger partial charge in [-0.3, -0.25) is 4.79 Å². The van der Waals surface area contributed by atoms with Crippen molar-refractivity contribution in [3.8, 4) is 0 Å². The second kappa shape index (κ2) is 4.67. The van der Waals surface area contributed by atoms with Crippen molar-refractivity contribution in [2.24, 2.45) is 0 Å². The molecule has 0 aliphatic heterocycles. The summed E-state index contributed by atoms with van der Waals surface area (Å²) in [5, 5.41) is 11.1. The van der Waals surface area contributed by atoms with Gasteiger partial charge in [0.15, 0.2) is 0 Å². The highest BCUT2D eigenvalue weighted by molar-refractivity contribution is 5.92. The smallest absolute Gasteiger partial charge is 0.267 e. The predicted molar refractivity (Wildman–Crippen MR) is 49.5 cm³/mol. The molecule has 4 heteroatoms. The zero-order valence-corrected chi connectivity index (χ0v) is 7.66.